The van der Waals surface area contributed by atoms with Gasteiger partial charge < -0.3 is 25.0 Å². The van der Waals surface area contributed by atoms with Crippen molar-refractivity contribution < 1.29 is 24.2 Å². The van der Waals surface area contributed by atoms with E-state index in [9.17, 15) is 19.5 Å². The van der Waals surface area contributed by atoms with E-state index in [0.717, 1.165) is 0 Å². The molecule has 34 heavy (non-hydrogen) atoms. The Balaban J connectivity index is 1.50. The number of hydrogen-bond acceptors (Lipinski definition) is 8. The van der Waals surface area contributed by atoms with Gasteiger partial charge in [0.05, 0.1) is 11.9 Å². The first-order valence-corrected chi connectivity index (χ1v) is 10.7. The highest BCUT2D eigenvalue weighted by atomic mass is 16.6. The highest BCUT2D eigenvalue weighted by Crippen LogP contribution is 2.20. The van der Waals surface area contributed by atoms with E-state index in [4.69, 9.17) is 4.74 Å². The number of nitrogens with one attached hydrogen (secondary N) is 1. The van der Waals surface area contributed by atoms with Gasteiger partial charge in [-0.1, -0.05) is 0 Å². The molecule has 0 bridgehead atoms. The van der Waals surface area contributed by atoms with Gasteiger partial charge in [0, 0.05) is 45.6 Å². The Hall–Kier alpha value is -4.16. The Kier molecular flexibility index (Phi) is 5.85. The van der Waals surface area contributed by atoms with Crippen LogP contribution in [0.5, 0.6) is 0 Å². The number of aromatic carboxylic acids is 1. The van der Waals surface area contributed by atoms with Crippen LogP contribution in [0.3, 0.4) is 0 Å². The van der Waals surface area contributed by atoms with Gasteiger partial charge in [0.1, 0.15) is 17.0 Å². The lowest BCUT2D eigenvalue weighted by molar-refractivity contribution is 0.0240. The van der Waals surface area contributed by atoms with Crippen molar-refractivity contribution in [3.8, 4) is 0 Å². The minimum absolute atomic E-state index is 0.0776. The van der Waals surface area contributed by atoms with Crippen molar-refractivity contribution in [1.82, 2.24) is 29.3 Å². The highest BCUT2D eigenvalue weighted by molar-refractivity contribution is 6.10. The maximum atomic E-state index is 12.9. The summed E-state index contributed by atoms with van der Waals surface area (Å²) in [5.74, 6) is -1.16. The van der Waals surface area contributed by atoms with Crippen LogP contribution in [0.4, 0.5) is 16.3 Å². The minimum atomic E-state index is -1.25. The van der Waals surface area contributed by atoms with E-state index in [0.29, 0.717) is 37.6 Å². The summed E-state index contributed by atoms with van der Waals surface area (Å²) in [7, 11) is 1.56. The third-order valence-corrected chi connectivity index (χ3v) is 5.13. The van der Waals surface area contributed by atoms with Gasteiger partial charge in [-0.15, -0.1) is 0 Å². The number of anilines is 2. The number of carboxylic acids is 1. The van der Waals surface area contributed by atoms with Crippen LogP contribution in [-0.4, -0.2) is 84.1 Å². The van der Waals surface area contributed by atoms with Crippen LogP contribution in [0.25, 0.3) is 5.65 Å². The maximum Gasteiger partial charge on any atom is 0.410 e. The van der Waals surface area contributed by atoms with Crippen molar-refractivity contribution in [2.45, 2.75) is 26.4 Å². The zero-order valence-corrected chi connectivity index (χ0v) is 19.3. The van der Waals surface area contributed by atoms with E-state index >= 15 is 0 Å². The zero-order valence-electron chi connectivity index (χ0n) is 19.3. The molecule has 13 nitrogen and oxygen atoms in total. The van der Waals surface area contributed by atoms with E-state index in [1.165, 1.54) is 21.6 Å². The molecule has 13 heteroatoms. The van der Waals surface area contributed by atoms with Gasteiger partial charge in [-0.3, -0.25) is 9.48 Å². The lowest BCUT2D eigenvalue weighted by atomic mass is 10.2. The monoisotopic (exact) mass is 470 g/mol. The van der Waals surface area contributed by atoms with E-state index in [1.54, 1.807) is 24.2 Å². The van der Waals surface area contributed by atoms with Crippen LogP contribution in [-0.2, 0) is 11.8 Å². The predicted molar refractivity (Wildman–Crippen MR) is 121 cm³/mol. The van der Waals surface area contributed by atoms with Crippen molar-refractivity contribution in [3.05, 3.63) is 35.9 Å². The quantitative estimate of drug-likeness (QED) is 0.578. The summed E-state index contributed by atoms with van der Waals surface area (Å²) < 4.78 is 8.21. The summed E-state index contributed by atoms with van der Waals surface area (Å²) in [5, 5.41) is 19.9. The molecule has 0 spiro atoms. The molecule has 4 rings (SSSR count). The number of aromatic nitrogens is 5. The molecule has 0 unspecified atom stereocenters. The second-order valence-electron chi connectivity index (χ2n) is 8.89. The number of aryl methyl sites for hydroxylation is 1. The number of hydrogen-bond donors (Lipinski definition) is 2. The molecule has 0 aromatic carbocycles. The maximum absolute atomic E-state index is 12.9. The molecule has 2 N–H and O–H groups in total. The number of piperazine rings is 1. The van der Waals surface area contributed by atoms with Crippen LogP contribution in [0.1, 0.15) is 41.6 Å². The summed E-state index contributed by atoms with van der Waals surface area (Å²) in [6.45, 7) is 7.55. The SMILES string of the molecule is Cn1cc(NC(=O)c2cnn3ccc(N4CCN(C(=O)OC(C)(C)C)CC4)nc23)c(C(=O)O)n1. The summed E-state index contributed by atoms with van der Waals surface area (Å²) in [4.78, 5) is 44.8. The standard InChI is InChI=1S/C21H26N8O5/c1-21(2,3)34-20(33)28-9-7-27(8-10-28)15-5-6-29-17(24-15)13(11-22-29)18(30)23-14-12-26(4)25-16(14)19(31)32/h5-6,11-12H,7-10H2,1-4H3,(H,23,30)(H,31,32). The lowest BCUT2D eigenvalue weighted by Crippen LogP contribution is -2.50. The van der Waals surface area contributed by atoms with Crippen molar-refractivity contribution in [2.24, 2.45) is 7.05 Å². The first kappa shape index (κ1) is 23.0. The summed E-state index contributed by atoms with van der Waals surface area (Å²) in [6, 6.07) is 1.79. The van der Waals surface area contributed by atoms with Crippen LogP contribution >= 0.6 is 0 Å². The second-order valence-corrected chi connectivity index (χ2v) is 8.89. The van der Waals surface area contributed by atoms with Gasteiger partial charge in [-0.2, -0.15) is 10.2 Å². The van der Waals surface area contributed by atoms with Crippen molar-refractivity contribution >= 4 is 35.1 Å². The first-order valence-electron chi connectivity index (χ1n) is 10.7. The first-order chi connectivity index (χ1) is 16.0. The Bertz CT molecular complexity index is 1250. The fourth-order valence-electron chi connectivity index (χ4n) is 3.57. The number of carbonyl (C=O) groups is 3. The van der Waals surface area contributed by atoms with Gasteiger partial charge in [0.25, 0.3) is 5.91 Å². The Morgan fingerprint density at radius 2 is 1.85 bits per heavy atom. The van der Waals surface area contributed by atoms with E-state index in [-0.39, 0.29) is 23.0 Å². The molecule has 180 valence electrons. The average molecular weight is 470 g/mol. The minimum Gasteiger partial charge on any atom is -0.476 e. The van der Waals surface area contributed by atoms with Crippen LogP contribution in [0.2, 0.25) is 0 Å². The number of amides is 2. The molecule has 1 aliphatic rings. The molecule has 4 heterocycles. The molecule has 0 saturated carbocycles. The largest absolute Gasteiger partial charge is 0.476 e. The third-order valence-electron chi connectivity index (χ3n) is 5.13. The number of carbonyl (C=O) groups excluding carboxylic acids is 2. The molecule has 1 aliphatic heterocycles. The Morgan fingerprint density at radius 3 is 2.50 bits per heavy atom. The van der Waals surface area contributed by atoms with E-state index < -0.39 is 17.5 Å². The number of fused-ring (bicyclic) bond motifs is 1. The van der Waals surface area contributed by atoms with Gasteiger partial charge >= 0.3 is 12.1 Å². The second kappa shape index (κ2) is 8.65. The molecule has 1 fully saturated rings. The third kappa shape index (κ3) is 4.77. The topological polar surface area (TPSA) is 147 Å². The number of nitrogens with zero attached hydrogens (tertiary/aromatic N) is 7. The van der Waals surface area contributed by atoms with E-state index in [1.807, 2.05) is 25.7 Å². The fraction of sp³-hybridized carbons (Fsp3) is 0.429. The molecular weight excluding hydrogens is 444 g/mol. The molecule has 0 radical (unpaired) electrons. The number of rotatable bonds is 4. The molecule has 1 saturated heterocycles. The number of carboxylic acid groups (broad SMARTS) is 1. The predicted octanol–water partition coefficient (Wildman–Crippen LogP) is 1.47. The van der Waals surface area contributed by atoms with E-state index in [2.05, 4.69) is 20.5 Å². The smallest absolute Gasteiger partial charge is 0.410 e. The zero-order chi connectivity index (χ0) is 24.6. The van der Waals surface area contributed by atoms with Gasteiger partial charge in [0.15, 0.2) is 11.3 Å². The van der Waals surface area contributed by atoms with Crippen LogP contribution < -0.4 is 10.2 Å². The van der Waals surface area contributed by atoms with Crippen LogP contribution in [0.15, 0.2) is 24.7 Å². The summed E-state index contributed by atoms with van der Waals surface area (Å²) >= 11 is 0. The van der Waals surface area contributed by atoms with Gasteiger partial charge in [-0.05, 0) is 26.8 Å². The summed E-state index contributed by atoms with van der Waals surface area (Å²) in [6.07, 6.45) is 4.14. The lowest BCUT2D eigenvalue weighted by Gasteiger charge is -2.36. The van der Waals surface area contributed by atoms with Crippen molar-refractivity contribution in [1.29, 1.82) is 0 Å². The summed E-state index contributed by atoms with van der Waals surface area (Å²) in [5.41, 5.74) is -0.224. The molecule has 0 atom stereocenters. The van der Waals surface area contributed by atoms with Gasteiger partial charge in [-0.25, -0.2) is 19.1 Å². The molecular formula is C21H26N8O5. The molecule has 2 amide bonds. The molecule has 3 aromatic heterocycles. The fourth-order valence-corrected chi connectivity index (χ4v) is 3.57. The van der Waals surface area contributed by atoms with Crippen molar-refractivity contribution in [3.63, 3.8) is 0 Å². The molecule has 3 aromatic rings. The highest BCUT2D eigenvalue weighted by Gasteiger charge is 2.27. The Labute approximate surface area is 194 Å². The normalized spacial score (nSPS) is 14.4. The average Bonchev–Trinajstić information content (AvgIpc) is 3.35. The molecule has 0 aliphatic carbocycles. The van der Waals surface area contributed by atoms with Gasteiger partial charge in [0.2, 0.25) is 0 Å². The Morgan fingerprint density at radius 1 is 1.15 bits per heavy atom. The van der Waals surface area contributed by atoms with Crippen LogP contribution in [0, 0.1) is 0 Å². The number of ether oxygens (including phenoxy) is 1. The van der Waals surface area contributed by atoms with Crippen molar-refractivity contribution in [2.75, 3.05) is 36.4 Å².